The Hall–Kier alpha value is -0.370. The molecule has 0 amide bonds. The van der Waals surface area contributed by atoms with Crippen molar-refractivity contribution in [2.75, 3.05) is 13.1 Å². The highest BCUT2D eigenvalue weighted by molar-refractivity contribution is 5.60. The van der Waals surface area contributed by atoms with Crippen molar-refractivity contribution in [1.82, 2.24) is 4.90 Å². The third-order valence-electron chi connectivity index (χ3n) is 4.84. The fraction of sp³-hybridized carbons (Fsp3) is 0.933. The maximum Gasteiger partial charge on any atom is 0.127 e. The normalized spacial score (nSPS) is 40.1. The van der Waals surface area contributed by atoms with Gasteiger partial charge in [0.2, 0.25) is 0 Å². The van der Waals surface area contributed by atoms with Gasteiger partial charge < -0.3 is 4.79 Å². The molecule has 98 valence electrons. The average Bonchev–Trinajstić information content (AvgIpc) is 2.32. The van der Waals surface area contributed by atoms with Crippen molar-refractivity contribution in [2.45, 2.75) is 64.8 Å². The molecule has 2 rings (SSSR count). The van der Waals surface area contributed by atoms with Crippen LogP contribution in [0.5, 0.6) is 0 Å². The largest absolute Gasteiger partial charge is 0.303 e. The Morgan fingerprint density at radius 2 is 2.06 bits per heavy atom. The van der Waals surface area contributed by atoms with E-state index in [1.165, 1.54) is 44.9 Å². The standard InChI is InChI=1S/C15H27NO/c1-13-6-5-8-15(10-13,12-17)11-16-9-4-3-7-14(16)2/h12-14H,3-11H2,1-2H3. The fourth-order valence-electron chi connectivity index (χ4n) is 3.79. The predicted molar refractivity (Wildman–Crippen MR) is 71.0 cm³/mol. The van der Waals surface area contributed by atoms with E-state index in [1.54, 1.807) is 0 Å². The average molecular weight is 237 g/mol. The van der Waals surface area contributed by atoms with Crippen molar-refractivity contribution < 1.29 is 4.79 Å². The van der Waals surface area contributed by atoms with Crippen LogP contribution in [0.3, 0.4) is 0 Å². The zero-order valence-corrected chi connectivity index (χ0v) is 11.5. The summed E-state index contributed by atoms with van der Waals surface area (Å²) in [5.41, 5.74) is -0.0245. The van der Waals surface area contributed by atoms with Crippen molar-refractivity contribution >= 4 is 6.29 Å². The lowest BCUT2D eigenvalue weighted by atomic mass is 9.70. The van der Waals surface area contributed by atoms with E-state index in [0.29, 0.717) is 6.04 Å². The lowest BCUT2D eigenvalue weighted by molar-refractivity contribution is -0.120. The van der Waals surface area contributed by atoms with Crippen molar-refractivity contribution in [3.63, 3.8) is 0 Å². The van der Waals surface area contributed by atoms with Gasteiger partial charge in [0.25, 0.3) is 0 Å². The molecule has 1 aliphatic heterocycles. The highest BCUT2D eigenvalue weighted by Gasteiger charge is 2.37. The smallest absolute Gasteiger partial charge is 0.127 e. The van der Waals surface area contributed by atoms with Crippen molar-refractivity contribution in [3.05, 3.63) is 0 Å². The quantitative estimate of drug-likeness (QED) is 0.702. The van der Waals surface area contributed by atoms with E-state index < -0.39 is 0 Å². The molecule has 0 aromatic heterocycles. The molecule has 0 aromatic carbocycles. The van der Waals surface area contributed by atoms with Crippen LogP contribution in [0, 0.1) is 11.3 Å². The fourth-order valence-corrected chi connectivity index (χ4v) is 3.79. The number of piperidine rings is 1. The molecule has 0 bridgehead atoms. The van der Waals surface area contributed by atoms with E-state index in [0.717, 1.165) is 25.3 Å². The van der Waals surface area contributed by atoms with E-state index in [-0.39, 0.29) is 5.41 Å². The summed E-state index contributed by atoms with van der Waals surface area (Å²) >= 11 is 0. The van der Waals surface area contributed by atoms with Crippen LogP contribution in [0.2, 0.25) is 0 Å². The van der Waals surface area contributed by atoms with Gasteiger partial charge in [-0.1, -0.05) is 26.2 Å². The van der Waals surface area contributed by atoms with Crippen molar-refractivity contribution in [2.24, 2.45) is 11.3 Å². The maximum atomic E-state index is 11.6. The summed E-state index contributed by atoms with van der Waals surface area (Å²) in [5.74, 6) is 0.731. The summed E-state index contributed by atoms with van der Waals surface area (Å²) in [4.78, 5) is 14.1. The Morgan fingerprint density at radius 3 is 2.71 bits per heavy atom. The summed E-state index contributed by atoms with van der Waals surface area (Å²) in [6.07, 6.45) is 10.0. The molecule has 3 atom stereocenters. The number of hydrogen-bond donors (Lipinski definition) is 0. The number of hydrogen-bond acceptors (Lipinski definition) is 2. The summed E-state index contributed by atoms with van der Waals surface area (Å²) in [6.45, 7) is 6.84. The van der Waals surface area contributed by atoms with Gasteiger partial charge in [0, 0.05) is 18.0 Å². The number of rotatable bonds is 3. The first-order valence-corrected chi connectivity index (χ1v) is 7.36. The number of likely N-dealkylation sites (tertiary alicyclic amines) is 1. The highest BCUT2D eigenvalue weighted by Crippen LogP contribution is 2.39. The molecule has 1 saturated heterocycles. The van der Waals surface area contributed by atoms with Crippen LogP contribution in [-0.4, -0.2) is 30.3 Å². The topological polar surface area (TPSA) is 20.3 Å². The highest BCUT2D eigenvalue weighted by atomic mass is 16.1. The lowest BCUT2D eigenvalue weighted by Crippen LogP contribution is -2.47. The van der Waals surface area contributed by atoms with E-state index in [1.807, 2.05) is 0 Å². The van der Waals surface area contributed by atoms with Crippen LogP contribution in [0.15, 0.2) is 0 Å². The zero-order chi connectivity index (χ0) is 12.3. The molecule has 1 heterocycles. The Morgan fingerprint density at radius 1 is 1.24 bits per heavy atom. The van der Waals surface area contributed by atoms with Crippen LogP contribution in [0.4, 0.5) is 0 Å². The van der Waals surface area contributed by atoms with Crippen LogP contribution < -0.4 is 0 Å². The second kappa shape index (κ2) is 5.51. The van der Waals surface area contributed by atoms with Gasteiger partial charge >= 0.3 is 0 Å². The van der Waals surface area contributed by atoms with Gasteiger partial charge in [-0.05, 0) is 45.1 Å². The molecule has 1 aliphatic carbocycles. The molecule has 0 spiro atoms. The molecule has 2 heteroatoms. The van der Waals surface area contributed by atoms with Crippen molar-refractivity contribution in [3.8, 4) is 0 Å². The number of nitrogens with zero attached hydrogens (tertiary/aromatic N) is 1. The third-order valence-corrected chi connectivity index (χ3v) is 4.84. The van der Waals surface area contributed by atoms with E-state index >= 15 is 0 Å². The minimum absolute atomic E-state index is 0.0245. The van der Waals surface area contributed by atoms with Crippen LogP contribution >= 0.6 is 0 Å². The molecule has 0 N–H and O–H groups in total. The summed E-state index contributed by atoms with van der Waals surface area (Å²) in [6, 6.07) is 0.679. The van der Waals surface area contributed by atoms with Crippen LogP contribution in [0.25, 0.3) is 0 Å². The molecule has 17 heavy (non-hydrogen) atoms. The van der Waals surface area contributed by atoms with Gasteiger partial charge in [0.15, 0.2) is 0 Å². The van der Waals surface area contributed by atoms with E-state index in [2.05, 4.69) is 18.7 Å². The number of carbonyl (C=O) groups is 1. The van der Waals surface area contributed by atoms with Gasteiger partial charge in [0.1, 0.15) is 6.29 Å². The minimum Gasteiger partial charge on any atom is -0.303 e. The summed E-state index contributed by atoms with van der Waals surface area (Å²) < 4.78 is 0. The Bertz CT molecular complexity index is 266. The molecular formula is C15H27NO. The van der Waals surface area contributed by atoms with Gasteiger partial charge in [0.05, 0.1) is 0 Å². The first-order chi connectivity index (χ1) is 8.15. The van der Waals surface area contributed by atoms with Gasteiger partial charge in [-0.25, -0.2) is 0 Å². The predicted octanol–water partition coefficient (Wildman–Crippen LogP) is 3.26. The zero-order valence-electron chi connectivity index (χ0n) is 11.5. The van der Waals surface area contributed by atoms with Crippen molar-refractivity contribution in [1.29, 1.82) is 0 Å². The second-order valence-electron chi connectivity index (χ2n) is 6.50. The van der Waals surface area contributed by atoms with Gasteiger partial charge in [-0.3, -0.25) is 4.90 Å². The van der Waals surface area contributed by atoms with Gasteiger partial charge in [-0.2, -0.15) is 0 Å². The van der Waals surface area contributed by atoms with Gasteiger partial charge in [-0.15, -0.1) is 0 Å². The molecular weight excluding hydrogens is 210 g/mol. The maximum absolute atomic E-state index is 11.6. The summed E-state index contributed by atoms with van der Waals surface area (Å²) in [5, 5.41) is 0. The van der Waals surface area contributed by atoms with Crippen LogP contribution in [0.1, 0.15) is 58.8 Å². The molecule has 2 aliphatic rings. The first kappa shape index (κ1) is 13.1. The molecule has 1 saturated carbocycles. The molecule has 0 radical (unpaired) electrons. The Kier molecular flexibility index (Phi) is 4.24. The Labute approximate surface area is 106 Å². The van der Waals surface area contributed by atoms with E-state index in [9.17, 15) is 4.79 Å². The SMILES string of the molecule is CC1CCCC(C=O)(CN2CCCCC2C)C1. The monoisotopic (exact) mass is 237 g/mol. The molecule has 0 aromatic rings. The van der Waals surface area contributed by atoms with Crippen LogP contribution in [-0.2, 0) is 4.79 Å². The number of aldehydes is 1. The lowest BCUT2D eigenvalue weighted by Gasteiger charge is -2.43. The molecule has 2 nitrogen and oxygen atoms in total. The second-order valence-corrected chi connectivity index (χ2v) is 6.50. The Balaban J connectivity index is 2.00. The third kappa shape index (κ3) is 3.09. The summed E-state index contributed by atoms with van der Waals surface area (Å²) in [7, 11) is 0. The molecule has 2 fully saturated rings. The first-order valence-electron chi connectivity index (χ1n) is 7.36. The minimum atomic E-state index is -0.0245. The van der Waals surface area contributed by atoms with E-state index in [4.69, 9.17) is 0 Å². The molecule has 3 unspecified atom stereocenters. The number of carbonyl (C=O) groups excluding carboxylic acids is 1.